The molecule has 0 bridgehead atoms. The summed E-state index contributed by atoms with van der Waals surface area (Å²) in [6, 6.07) is 5.52. The number of benzene rings is 1. The number of hydrogen-bond donors (Lipinski definition) is 2. The van der Waals surface area contributed by atoms with Crippen molar-refractivity contribution in [1.29, 1.82) is 0 Å². The Kier molecular flexibility index (Phi) is 4.21. The van der Waals surface area contributed by atoms with Crippen LogP contribution >= 0.6 is 0 Å². The lowest BCUT2D eigenvalue weighted by Gasteiger charge is -2.22. The van der Waals surface area contributed by atoms with Gasteiger partial charge in [-0.1, -0.05) is 12.1 Å². The molecular formula is C16H22N2O3. The van der Waals surface area contributed by atoms with Crippen LogP contribution in [-0.2, 0) is 11.2 Å². The molecule has 0 unspecified atom stereocenters. The molecule has 1 aliphatic rings. The minimum Gasteiger partial charge on any atom is -0.444 e. The van der Waals surface area contributed by atoms with Crippen molar-refractivity contribution in [2.45, 2.75) is 45.3 Å². The molecule has 5 nitrogen and oxygen atoms in total. The van der Waals surface area contributed by atoms with Gasteiger partial charge in [0.1, 0.15) is 5.60 Å². The van der Waals surface area contributed by atoms with Crippen LogP contribution < -0.4 is 10.6 Å². The maximum atomic E-state index is 11.9. The van der Waals surface area contributed by atoms with Crippen molar-refractivity contribution in [2.75, 3.05) is 7.05 Å². The minimum atomic E-state index is -0.518. The van der Waals surface area contributed by atoms with Crippen molar-refractivity contribution in [3.8, 4) is 0 Å². The lowest BCUT2D eigenvalue weighted by molar-refractivity contribution is 0.0503. The van der Waals surface area contributed by atoms with Crippen LogP contribution in [0, 0.1) is 0 Å². The van der Waals surface area contributed by atoms with E-state index in [0.29, 0.717) is 5.56 Å². The molecular weight excluding hydrogens is 268 g/mol. The molecule has 0 aromatic heterocycles. The number of carbonyl (C=O) groups excluding carboxylic acids is 2. The molecule has 1 aromatic carbocycles. The number of hydrogen-bond acceptors (Lipinski definition) is 3. The van der Waals surface area contributed by atoms with Gasteiger partial charge in [-0.2, -0.15) is 0 Å². The third-order valence-corrected chi connectivity index (χ3v) is 3.43. The second-order valence-electron chi connectivity index (χ2n) is 6.19. The van der Waals surface area contributed by atoms with E-state index < -0.39 is 11.7 Å². The van der Waals surface area contributed by atoms with Crippen molar-refractivity contribution >= 4 is 12.0 Å². The van der Waals surface area contributed by atoms with Gasteiger partial charge in [-0.15, -0.1) is 0 Å². The zero-order valence-electron chi connectivity index (χ0n) is 12.9. The van der Waals surface area contributed by atoms with E-state index in [1.54, 1.807) is 7.05 Å². The van der Waals surface area contributed by atoms with E-state index in [-0.39, 0.29) is 11.9 Å². The summed E-state index contributed by atoms with van der Waals surface area (Å²) in [7, 11) is 1.62. The first-order chi connectivity index (χ1) is 9.81. The van der Waals surface area contributed by atoms with E-state index in [4.69, 9.17) is 4.74 Å². The van der Waals surface area contributed by atoms with Crippen molar-refractivity contribution in [3.63, 3.8) is 0 Å². The normalized spacial score (nSPS) is 17.0. The van der Waals surface area contributed by atoms with E-state index in [1.165, 1.54) is 0 Å². The first kappa shape index (κ1) is 15.4. The predicted molar refractivity (Wildman–Crippen MR) is 80.3 cm³/mol. The van der Waals surface area contributed by atoms with Crippen LogP contribution in [0.15, 0.2) is 18.2 Å². The van der Waals surface area contributed by atoms with Crippen molar-refractivity contribution in [1.82, 2.24) is 10.6 Å². The summed E-state index contributed by atoms with van der Waals surface area (Å²) in [6.07, 6.45) is 1.13. The summed E-state index contributed by atoms with van der Waals surface area (Å²) >= 11 is 0. The van der Waals surface area contributed by atoms with Gasteiger partial charge in [0.2, 0.25) is 0 Å². The van der Waals surface area contributed by atoms with Crippen molar-refractivity contribution in [2.24, 2.45) is 0 Å². The topological polar surface area (TPSA) is 67.4 Å². The molecule has 2 rings (SSSR count). The Bertz CT molecular complexity index is 561. The molecule has 0 fully saturated rings. The van der Waals surface area contributed by atoms with Crippen LogP contribution in [-0.4, -0.2) is 24.6 Å². The highest BCUT2D eigenvalue weighted by atomic mass is 16.6. The van der Waals surface area contributed by atoms with Crippen molar-refractivity contribution < 1.29 is 14.3 Å². The molecule has 0 heterocycles. The smallest absolute Gasteiger partial charge is 0.408 e. The minimum absolute atomic E-state index is 0.0928. The zero-order valence-corrected chi connectivity index (χ0v) is 12.9. The third-order valence-electron chi connectivity index (χ3n) is 3.43. The van der Waals surface area contributed by atoms with Gasteiger partial charge >= 0.3 is 6.09 Å². The van der Waals surface area contributed by atoms with Crippen LogP contribution in [0.3, 0.4) is 0 Å². The number of rotatable bonds is 2. The maximum absolute atomic E-state index is 11.9. The highest BCUT2D eigenvalue weighted by Crippen LogP contribution is 2.33. The summed E-state index contributed by atoms with van der Waals surface area (Å²) in [6.45, 7) is 5.50. The predicted octanol–water partition coefficient (Wildman–Crippen LogP) is 2.56. The maximum Gasteiger partial charge on any atom is 0.408 e. The first-order valence-electron chi connectivity index (χ1n) is 7.15. The second kappa shape index (κ2) is 5.76. The molecule has 1 aliphatic carbocycles. The Morgan fingerprint density at radius 1 is 1.29 bits per heavy atom. The quantitative estimate of drug-likeness (QED) is 0.879. The van der Waals surface area contributed by atoms with Gasteiger partial charge < -0.3 is 15.4 Å². The number of nitrogens with one attached hydrogen (secondary N) is 2. The number of alkyl carbamates (subject to hydrolysis) is 1. The Balaban J connectivity index is 2.16. The van der Waals surface area contributed by atoms with Gasteiger partial charge in [-0.3, -0.25) is 4.79 Å². The number of amides is 2. The Morgan fingerprint density at radius 2 is 2.00 bits per heavy atom. The van der Waals surface area contributed by atoms with Crippen LogP contribution in [0.2, 0.25) is 0 Å². The highest BCUT2D eigenvalue weighted by Gasteiger charge is 2.28. The van der Waals surface area contributed by atoms with E-state index in [9.17, 15) is 9.59 Å². The molecule has 2 N–H and O–H groups in total. The molecule has 1 aromatic rings. The fourth-order valence-corrected chi connectivity index (χ4v) is 2.60. The fraction of sp³-hybridized carbons (Fsp3) is 0.500. The summed E-state index contributed by atoms with van der Waals surface area (Å²) in [5.41, 5.74) is 2.18. The summed E-state index contributed by atoms with van der Waals surface area (Å²) in [5, 5.41) is 5.53. The zero-order chi connectivity index (χ0) is 15.6. The Morgan fingerprint density at radius 3 is 2.62 bits per heavy atom. The average Bonchev–Trinajstić information content (AvgIpc) is 2.79. The van der Waals surface area contributed by atoms with Gasteiger partial charge in [-0.25, -0.2) is 4.79 Å². The molecule has 0 spiro atoms. The number of fused-ring (bicyclic) bond motifs is 1. The lowest BCUT2D eigenvalue weighted by Crippen LogP contribution is -2.34. The first-order valence-corrected chi connectivity index (χ1v) is 7.15. The molecule has 0 radical (unpaired) electrons. The largest absolute Gasteiger partial charge is 0.444 e. The molecule has 114 valence electrons. The monoisotopic (exact) mass is 290 g/mol. The third kappa shape index (κ3) is 3.54. The molecule has 0 aliphatic heterocycles. The molecule has 5 heteroatoms. The van der Waals surface area contributed by atoms with Gasteiger partial charge in [-0.05, 0) is 50.8 Å². The molecule has 2 amide bonds. The fourth-order valence-electron chi connectivity index (χ4n) is 2.60. The van der Waals surface area contributed by atoms with Gasteiger partial charge in [0, 0.05) is 12.6 Å². The van der Waals surface area contributed by atoms with Gasteiger partial charge in [0.05, 0.1) is 6.04 Å². The van der Waals surface area contributed by atoms with E-state index >= 15 is 0 Å². The molecule has 1 atom stereocenters. The van der Waals surface area contributed by atoms with Crippen LogP contribution in [0.1, 0.15) is 54.7 Å². The summed E-state index contributed by atoms with van der Waals surface area (Å²) < 4.78 is 5.28. The Hall–Kier alpha value is -2.04. The van der Waals surface area contributed by atoms with E-state index in [0.717, 1.165) is 24.0 Å². The van der Waals surface area contributed by atoms with Crippen LogP contribution in [0.5, 0.6) is 0 Å². The van der Waals surface area contributed by atoms with Gasteiger partial charge in [0.25, 0.3) is 5.91 Å². The number of ether oxygens (including phenoxy) is 1. The average molecular weight is 290 g/mol. The van der Waals surface area contributed by atoms with Crippen LogP contribution in [0.4, 0.5) is 4.79 Å². The standard InChI is InChI=1S/C16H22N2O3/c1-16(2,3)21-15(20)18-13-9-8-10-11(13)6-5-7-12(10)14(19)17-4/h5-7,13H,8-9H2,1-4H3,(H,17,19)(H,18,20)/t13-/m0/s1. The van der Waals surface area contributed by atoms with Crippen LogP contribution in [0.25, 0.3) is 0 Å². The molecule has 0 saturated heterocycles. The molecule has 0 saturated carbocycles. The second-order valence-corrected chi connectivity index (χ2v) is 6.19. The van der Waals surface area contributed by atoms with E-state index in [2.05, 4.69) is 10.6 Å². The number of carbonyl (C=O) groups is 2. The Labute approximate surface area is 125 Å². The lowest BCUT2D eigenvalue weighted by atomic mass is 10.0. The molecule has 21 heavy (non-hydrogen) atoms. The van der Waals surface area contributed by atoms with Gasteiger partial charge in [0.15, 0.2) is 0 Å². The summed E-state index contributed by atoms with van der Waals surface area (Å²) in [4.78, 5) is 23.8. The SMILES string of the molecule is CNC(=O)c1cccc2c1CC[C@@H]2NC(=O)OC(C)(C)C. The van der Waals surface area contributed by atoms with E-state index in [1.807, 2.05) is 39.0 Å². The van der Waals surface area contributed by atoms with Crippen molar-refractivity contribution in [3.05, 3.63) is 34.9 Å². The summed E-state index contributed by atoms with van der Waals surface area (Å²) in [5.74, 6) is -0.0928. The highest BCUT2D eigenvalue weighted by molar-refractivity contribution is 5.96.